The molecule has 0 unspecified atom stereocenters. The summed E-state index contributed by atoms with van der Waals surface area (Å²) < 4.78 is 0. The van der Waals surface area contributed by atoms with Crippen molar-refractivity contribution in [2.45, 2.75) is 25.3 Å². The molecule has 1 aliphatic rings. The van der Waals surface area contributed by atoms with Gasteiger partial charge in [0.1, 0.15) is 0 Å². The molecule has 2 rings (SSSR count). The van der Waals surface area contributed by atoms with Crippen molar-refractivity contribution in [2.75, 3.05) is 11.9 Å². The van der Waals surface area contributed by atoms with Gasteiger partial charge in [0, 0.05) is 19.0 Å². The molecule has 1 amide bonds. The maximum atomic E-state index is 11.4. The van der Waals surface area contributed by atoms with Gasteiger partial charge in [0.05, 0.1) is 22.3 Å². The van der Waals surface area contributed by atoms with E-state index in [0.717, 1.165) is 18.5 Å². The van der Waals surface area contributed by atoms with E-state index < -0.39 is 0 Å². The molecule has 0 spiro atoms. The molecule has 1 aromatic carbocycles. The number of carbonyl (C=O) groups excluding carboxylic acids is 1. The van der Waals surface area contributed by atoms with Gasteiger partial charge < -0.3 is 10.6 Å². The van der Waals surface area contributed by atoms with E-state index in [0.29, 0.717) is 29.6 Å². The molecule has 0 aromatic heterocycles. The Balaban J connectivity index is 1.79. The Morgan fingerprint density at radius 3 is 2.89 bits per heavy atom. The van der Waals surface area contributed by atoms with Crippen LogP contribution in [0.2, 0.25) is 5.02 Å². The number of hydrogen-bond donors (Lipinski definition) is 2. The smallest absolute Gasteiger partial charge is 0.221 e. The monoisotopic (exact) mass is 263 g/mol. The normalized spacial score (nSPS) is 13.8. The maximum Gasteiger partial charge on any atom is 0.221 e. The van der Waals surface area contributed by atoms with Crippen LogP contribution in [0.15, 0.2) is 18.2 Å². The van der Waals surface area contributed by atoms with Gasteiger partial charge in [-0.1, -0.05) is 11.6 Å². The van der Waals surface area contributed by atoms with Crippen molar-refractivity contribution in [1.82, 2.24) is 5.32 Å². The third kappa shape index (κ3) is 3.64. The number of anilines is 1. The largest absolute Gasteiger partial charge is 0.383 e. The van der Waals surface area contributed by atoms with Gasteiger partial charge in [0.25, 0.3) is 0 Å². The first kappa shape index (κ1) is 12.7. The maximum absolute atomic E-state index is 11.4. The fraction of sp³-hybridized carbons (Fsp3) is 0.385. The average Bonchev–Trinajstić information content (AvgIpc) is 3.15. The van der Waals surface area contributed by atoms with Crippen LogP contribution in [0.4, 0.5) is 5.69 Å². The van der Waals surface area contributed by atoms with E-state index in [9.17, 15) is 4.79 Å². The first-order valence-electron chi connectivity index (χ1n) is 5.92. The minimum absolute atomic E-state index is 0.0646. The number of rotatable bonds is 5. The lowest BCUT2D eigenvalue weighted by Gasteiger charge is -2.08. The van der Waals surface area contributed by atoms with Crippen molar-refractivity contribution in [3.8, 4) is 6.07 Å². The molecular formula is C13H14ClN3O. The fourth-order valence-electron chi connectivity index (χ4n) is 1.57. The van der Waals surface area contributed by atoms with E-state index in [4.69, 9.17) is 16.9 Å². The molecule has 0 radical (unpaired) electrons. The van der Waals surface area contributed by atoms with E-state index in [1.807, 2.05) is 6.07 Å². The number of nitrogens with zero attached hydrogens (tertiary/aromatic N) is 1. The second kappa shape index (κ2) is 5.74. The van der Waals surface area contributed by atoms with Gasteiger partial charge in [-0.2, -0.15) is 5.26 Å². The van der Waals surface area contributed by atoms with E-state index in [-0.39, 0.29) is 5.91 Å². The standard InChI is InChI=1S/C13H14ClN3O/c14-11-7-9(8-15)1-4-12(11)16-6-5-13(18)17-10-2-3-10/h1,4,7,10,16H,2-3,5-6H2,(H,17,18). The lowest BCUT2D eigenvalue weighted by Crippen LogP contribution is -2.27. The highest BCUT2D eigenvalue weighted by molar-refractivity contribution is 6.33. The van der Waals surface area contributed by atoms with Gasteiger partial charge in [-0.3, -0.25) is 4.79 Å². The molecule has 2 N–H and O–H groups in total. The summed E-state index contributed by atoms with van der Waals surface area (Å²) in [6.07, 6.45) is 2.62. The van der Waals surface area contributed by atoms with Crippen LogP contribution in [0.3, 0.4) is 0 Å². The van der Waals surface area contributed by atoms with Crippen LogP contribution in [0.25, 0.3) is 0 Å². The quantitative estimate of drug-likeness (QED) is 0.857. The Morgan fingerprint density at radius 2 is 2.28 bits per heavy atom. The zero-order valence-corrected chi connectivity index (χ0v) is 10.6. The van der Waals surface area contributed by atoms with Crippen LogP contribution < -0.4 is 10.6 Å². The highest BCUT2D eigenvalue weighted by Crippen LogP contribution is 2.22. The van der Waals surface area contributed by atoms with Crippen LogP contribution in [-0.2, 0) is 4.79 Å². The third-order valence-corrected chi connectivity index (χ3v) is 3.02. The number of halogens is 1. The summed E-state index contributed by atoms with van der Waals surface area (Å²) in [7, 11) is 0. The molecule has 1 aromatic rings. The molecule has 18 heavy (non-hydrogen) atoms. The molecule has 0 atom stereocenters. The van der Waals surface area contributed by atoms with Crippen molar-refractivity contribution in [1.29, 1.82) is 5.26 Å². The molecule has 1 fully saturated rings. The first-order chi connectivity index (χ1) is 8.69. The van der Waals surface area contributed by atoms with Crippen molar-refractivity contribution < 1.29 is 4.79 Å². The van der Waals surface area contributed by atoms with Crippen molar-refractivity contribution >= 4 is 23.2 Å². The Kier molecular flexibility index (Phi) is 4.06. The molecule has 1 aliphatic carbocycles. The van der Waals surface area contributed by atoms with Crippen LogP contribution in [0.1, 0.15) is 24.8 Å². The second-order valence-corrected chi connectivity index (χ2v) is 4.73. The van der Waals surface area contributed by atoms with E-state index in [1.165, 1.54) is 0 Å². The van der Waals surface area contributed by atoms with Gasteiger partial charge in [0.15, 0.2) is 0 Å². The number of amides is 1. The van der Waals surface area contributed by atoms with Crippen molar-refractivity contribution in [2.24, 2.45) is 0 Å². The predicted molar refractivity (Wildman–Crippen MR) is 70.4 cm³/mol. The average molecular weight is 264 g/mol. The van der Waals surface area contributed by atoms with Gasteiger partial charge in [0.2, 0.25) is 5.91 Å². The summed E-state index contributed by atoms with van der Waals surface area (Å²) >= 11 is 6.00. The number of nitriles is 1. The Hall–Kier alpha value is -1.73. The number of hydrogen-bond acceptors (Lipinski definition) is 3. The summed E-state index contributed by atoms with van der Waals surface area (Å²) in [5, 5.41) is 15.2. The second-order valence-electron chi connectivity index (χ2n) is 4.32. The topological polar surface area (TPSA) is 64.9 Å². The minimum Gasteiger partial charge on any atom is -0.383 e. The van der Waals surface area contributed by atoms with Crippen LogP contribution in [0, 0.1) is 11.3 Å². The van der Waals surface area contributed by atoms with Gasteiger partial charge in [-0.05, 0) is 31.0 Å². The fourth-order valence-corrected chi connectivity index (χ4v) is 1.81. The minimum atomic E-state index is 0.0646. The lowest BCUT2D eigenvalue weighted by molar-refractivity contribution is -0.120. The zero-order chi connectivity index (χ0) is 13.0. The molecule has 4 nitrogen and oxygen atoms in total. The molecule has 5 heteroatoms. The SMILES string of the molecule is N#Cc1ccc(NCCC(=O)NC2CC2)c(Cl)c1. The van der Waals surface area contributed by atoms with E-state index in [2.05, 4.69) is 10.6 Å². The molecular weight excluding hydrogens is 250 g/mol. The molecule has 0 aliphatic heterocycles. The summed E-state index contributed by atoms with van der Waals surface area (Å²) in [5.41, 5.74) is 1.27. The van der Waals surface area contributed by atoms with Crippen LogP contribution in [0.5, 0.6) is 0 Å². The molecule has 94 valence electrons. The van der Waals surface area contributed by atoms with E-state index >= 15 is 0 Å². The summed E-state index contributed by atoms with van der Waals surface area (Å²) in [5.74, 6) is 0.0646. The third-order valence-electron chi connectivity index (χ3n) is 2.71. The lowest BCUT2D eigenvalue weighted by atomic mass is 10.2. The van der Waals surface area contributed by atoms with Gasteiger partial charge >= 0.3 is 0 Å². The summed E-state index contributed by atoms with van der Waals surface area (Å²) in [6, 6.07) is 7.47. The molecule has 1 saturated carbocycles. The Bertz CT molecular complexity index is 491. The summed E-state index contributed by atoms with van der Waals surface area (Å²) in [6.45, 7) is 0.532. The Morgan fingerprint density at radius 1 is 1.50 bits per heavy atom. The van der Waals surface area contributed by atoms with Gasteiger partial charge in [-0.25, -0.2) is 0 Å². The first-order valence-corrected chi connectivity index (χ1v) is 6.29. The molecule has 0 saturated heterocycles. The van der Waals surface area contributed by atoms with Crippen molar-refractivity contribution in [3.05, 3.63) is 28.8 Å². The highest BCUT2D eigenvalue weighted by Gasteiger charge is 2.22. The zero-order valence-electron chi connectivity index (χ0n) is 9.87. The Labute approximate surface area is 111 Å². The predicted octanol–water partition coefficient (Wildman–Crippen LogP) is 2.29. The molecule has 0 heterocycles. The van der Waals surface area contributed by atoms with Gasteiger partial charge in [-0.15, -0.1) is 0 Å². The van der Waals surface area contributed by atoms with Crippen LogP contribution >= 0.6 is 11.6 Å². The molecule has 0 bridgehead atoms. The van der Waals surface area contributed by atoms with Crippen molar-refractivity contribution in [3.63, 3.8) is 0 Å². The van der Waals surface area contributed by atoms with Crippen LogP contribution in [-0.4, -0.2) is 18.5 Å². The summed E-state index contributed by atoms with van der Waals surface area (Å²) in [4.78, 5) is 11.4. The number of nitrogens with one attached hydrogen (secondary N) is 2. The highest BCUT2D eigenvalue weighted by atomic mass is 35.5. The number of benzene rings is 1. The number of carbonyl (C=O) groups is 1. The van der Waals surface area contributed by atoms with E-state index in [1.54, 1.807) is 18.2 Å².